The van der Waals surface area contributed by atoms with Crippen LogP contribution in [0.1, 0.15) is 70.4 Å². The lowest BCUT2D eigenvalue weighted by molar-refractivity contribution is -0.130. The Kier molecular flexibility index (Phi) is 5.54. The van der Waals surface area contributed by atoms with E-state index in [1.54, 1.807) is 6.92 Å². The SMILES string of the molecule is C[C@@H]1CCc2sc(C(=O)O[C@@H](C)C(=O)N[C@@H]3CCCc4ccccc43)cc2C1. The fourth-order valence-corrected chi connectivity index (χ4v) is 5.36. The molecule has 2 aromatic rings. The normalized spacial score (nSPS) is 21.9. The van der Waals surface area contributed by atoms with Crippen molar-refractivity contribution in [3.63, 3.8) is 0 Å². The summed E-state index contributed by atoms with van der Waals surface area (Å²) in [5, 5.41) is 3.07. The average Bonchev–Trinajstić information content (AvgIpc) is 3.11. The summed E-state index contributed by atoms with van der Waals surface area (Å²) in [5.41, 5.74) is 3.74. The molecule has 0 fully saturated rings. The van der Waals surface area contributed by atoms with Crippen molar-refractivity contribution in [2.24, 2.45) is 5.92 Å². The second-order valence-corrected chi connectivity index (χ2v) is 9.24. The Bertz CT molecular complexity index is 888. The van der Waals surface area contributed by atoms with E-state index in [9.17, 15) is 9.59 Å². The number of esters is 1. The second kappa shape index (κ2) is 8.08. The molecule has 0 bridgehead atoms. The van der Waals surface area contributed by atoms with Crippen LogP contribution >= 0.6 is 11.3 Å². The van der Waals surface area contributed by atoms with Crippen molar-refractivity contribution in [3.05, 3.63) is 56.8 Å². The van der Waals surface area contributed by atoms with Crippen LogP contribution in [0.3, 0.4) is 0 Å². The molecule has 2 aliphatic carbocycles. The van der Waals surface area contributed by atoms with Gasteiger partial charge >= 0.3 is 5.97 Å². The zero-order chi connectivity index (χ0) is 19.7. The number of ether oxygens (including phenoxy) is 1. The van der Waals surface area contributed by atoms with Crippen LogP contribution in [0.25, 0.3) is 0 Å². The van der Waals surface area contributed by atoms with E-state index in [0.29, 0.717) is 10.8 Å². The summed E-state index contributed by atoms with van der Waals surface area (Å²) >= 11 is 1.52. The van der Waals surface area contributed by atoms with E-state index in [0.717, 1.165) is 32.1 Å². The summed E-state index contributed by atoms with van der Waals surface area (Å²) in [6.07, 6.45) is 5.44. The van der Waals surface area contributed by atoms with Crippen LogP contribution < -0.4 is 5.32 Å². The van der Waals surface area contributed by atoms with Crippen LogP contribution in [0.2, 0.25) is 0 Å². The number of rotatable bonds is 4. The molecule has 3 atom stereocenters. The highest BCUT2D eigenvalue weighted by Crippen LogP contribution is 2.33. The third kappa shape index (κ3) is 4.00. The van der Waals surface area contributed by atoms with Crippen LogP contribution in [0, 0.1) is 5.92 Å². The van der Waals surface area contributed by atoms with Crippen molar-refractivity contribution in [1.82, 2.24) is 5.32 Å². The van der Waals surface area contributed by atoms with Gasteiger partial charge in [0, 0.05) is 4.88 Å². The summed E-state index contributed by atoms with van der Waals surface area (Å²) in [6.45, 7) is 3.89. The molecule has 0 saturated carbocycles. The first-order valence-corrected chi connectivity index (χ1v) is 11.0. The Hall–Kier alpha value is -2.14. The van der Waals surface area contributed by atoms with E-state index in [2.05, 4.69) is 24.4 Å². The molecule has 2 aliphatic rings. The summed E-state index contributed by atoms with van der Waals surface area (Å²) in [5.74, 6) is 0.0396. The maximum absolute atomic E-state index is 12.6. The van der Waals surface area contributed by atoms with Crippen molar-refractivity contribution in [1.29, 1.82) is 0 Å². The van der Waals surface area contributed by atoms with Crippen LogP contribution in [0.15, 0.2) is 30.3 Å². The Morgan fingerprint density at radius 3 is 2.86 bits per heavy atom. The molecule has 1 heterocycles. The van der Waals surface area contributed by atoms with Gasteiger partial charge in [0.05, 0.1) is 6.04 Å². The largest absolute Gasteiger partial charge is 0.448 e. The van der Waals surface area contributed by atoms with Crippen molar-refractivity contribution < 1.29 is 14.3 Å². The molecule has 28 heavy (non-hydrogen) atoms. The van der Waals surface area contributed by atoms with Gasteiger partial charge in [-0.3, -0.25) is 4.79 Å². The third-order valence-corrected chi connectivity index (χ3v) is 7.09. The average molecular weight is 398 g/mol. The Labute approximate surface area is 170 Å². The molecular weight excluding hydrogens is 370 g/mol. The number of aryl methyl sites for hydroxylation is 2. The highest BCUT2D eigenvalue weighted by atomic mass is 32.1. The van der Waals surface area contributed by atoms with Gasteiger partial charge in [0.1, 0.15) is 4.88 Å². The van der Waals surface area contributed by atoms with E-state index >= 15 is 0 Å². The number of amides is 1. The first-order valence-electron chi connectivity index (χ1n) is 10.2. The van der Waals surface area contributed by atoms with Gasteiger partial charge in [0.25, 0.3) is 5.91 Å². The van der Waals surface area contributed by atoms with Crippen LogP contribution in [0.4, 0.5) is 0 Å². The zero-order valence-corrected chi connectivity index (χ0v) is 17.3. The quantitative estimate of drug-likeness (QED) is 0.767. The summed E-state index contributed by atoms with van der Waals surface area (Å²) < 4.78 is 5.49. The van der Waals surface area contributed by atoms with Gasteiger partial charge in [-0.05, 0) is 74.1 Å². The number of fused-ring (bicyclic) bond motifs is 2. The molecule has 0 spiro atoms. The molecule has 5 heteroatoms. The van der Waals surface area contributed by atoms with Crippen LogP contribution in [-0.2, 0) is 28.8 Å². The number of nitrogens with one attached hydrogen (secondary N) is 1. The van der Waals surface area contributed by atoms with Gasteiger partial charge < -0.3 is 10.1 Å². The number of carbonyl (C=O) groups excluding carboxylic acids is 2. The molecule has 4 nitrogen and oxygen atoms in total. The van der Waals surface area contributed by atoms with E-state index in [-0.39, 0.29) is 11.9 Å². The summed E-state index contributed by atoms with van der Waals surface area (Å²) in [7, 11) is 0. The summed E-state index contributed by atoms with van der Waals surface area (Å²) in [4.78, 5) is 27.1. The van der Waals surface area contributed by atoms with Crippen LogP contribution in [0.5, 0.6) is 0 Å². The maximum Gasteiger partial charge on any atom is 0.349 e. The standard InChI is InChI=1S/C23H27NO3S/c1-14-10-11-20-17(12-14)13-21(28-20)23(26)27-15(2)22(25)24-19-9-5-7-16-6-3-4-8-18(16)19/h3-4,6,8,13-15,19H,5,7,9-12H2,1-2H3,(H,24,25)/t14-,15+,19-/m1/s1. The van der Waals surface area contributed by atoms with Crippen LogP contribution in [-0.4, -0.2) is 18.0 Å². The molecule has 148 valence electrons. The molecule has 1 amide bonds. The van der Waals surface area contributed by atoms with E-state index in [1.807, 2.05) is 18.2 Å². The molecule has 0 saturated heterocycles. The van der Waals surface area contributed by atoms with Crippen molar-refractivity contribution >= 4 is 23.2 Å². The molecule has 4 rings (SSSR count). The van der Waals surface area contributed by atoms with Gasteiger partial charge in [-0.2, -0.15) is 0 Å². The van der Waals surface area contributed by atoms with E-state index in [4.69, 9.17) is 4.74 Å². The van der Waals surface area contributed by atoms with Crippen molar-refractivity contribution in [3.8, 4) is 0 Å². The minimum absolute atomic E-state index is 0.00542. The second-order valence-electron chi connectivity index (χ2n) is 8.11. The molecule has 0 aliphatic heterocycles. The lowest BCUT2D eigenvalue weighted by Gasteiger charge is -2.27. The number of hydrogen-bond acceptors (Lipinski definition) is 4. The Morgan fingerprint density at radius 2 is 2.00 bits per heavy atom. The molecule has 1 N–H and O–H groups in total. The van der Waals surface area contributed by atoms with Gasteiger partial charge in [-0.1, -0.05) is 31.2 Å². The van der Waals surface area contributed by atoms with Crippen molar-refractivity contribution in [2.45, 2.75) is 64.5 Å². The predicted octanol–water partition coefficient (Wildman–Crippen LogP) is 4.61. The smallest absolute Gasteiger partial charge is 0.349 e. The lowest BCUT2D eigenvalue weighted by Crippen LogP contribution is -2.39. The van der Waals surface area contributed by atoms with Gasteiger partial charge in [-0.25, -0.2) is 4.79 Å². The van der Waals surface area contributed by atoms with Crippen molar-refractivity contribution in [2.75, 3.05) is 0 Å². The highest BCUT2D eigenvalue weighted by Gasteiger charge is 2.27. The Balaban J connectivity index is 1.38. The zero-order valence-electron chi connectivity index (χ0n) is 16.5. The number of hydrogen-bond donors (Lipinski definition) is 1. The molecular formula is C23H27NO3S. The molecule has 1 aromatic heterocycles. The minimum atomic E-state index is -0.806. The lowest BCUT2D eigenvalue weighted by atomic mass is 9.87. The fourth-order valence-electron chi connectivity index (χ4n) is 4.27. The van der Waals surface area contributed by atoms with E-state index < -0.39 is 12.1 Å². The number of benzene rings is 1. The Morgan fingerprint density at radius 1 is 1.18 bits per heavy atom. The first-order chi connectivity index (χ1) is 13.5. The van der Waals surface area contributed by atoms with Gasteiger partial charge in [0.15, 0.2) is 6.10 Å². The number of thiophene rings is 1. The first kappa shape index (κ1) is 19.2. The predicted molar refractivity (Wildman–Crippen MR) is 111 cm³/mol. The van der Waals surface area contributed by atoms with Gasteiger partial charge in [-0.15, -0.1) is 11.3 Å². The number of carbonyl (C=O) groups is 2. The molecule has 0 unspecified atom stereocenters. The molecule has 0 radical (unpaired) electrons. The summed E-state index contributed by atoms with van der Waals surface area (Å²) in [6, 6.07) is 10.2. The fraction of sp³-hybridized carbons (Fsp3) is 0.478. The maximum atomic E-state index is 12.6. The minimum Gasteiger partial charge on any atom is -0.448 e. The topological polar surface area (TPSA) is 55.4 Å². The van der Waals surface area contributed by atoms with E-state index in [1.165, 1.54) is 39.3 Å². The highest BCUT2D eigenvalue weighted by molar-refractivity contribution is 7.14. The van der Waals surface area contributed by atoms with Gasteiger partial charge in [0.2, 0.25) is 0 Å². The monoisotopic (exact) mass is 397 g/mol. The molecule has 1 aromatic carbocycles. The third-order valence-electron chi connectivity index (χ3n) is 5.87.